The predicted molar refractivity (Wildman–Crippen MR) is 80.4 cm³/mol. The second kappa shape index (κ2) is 5.30. The van der Waals surface area contributed by atoms with E-state index in [9.17, 15) is 13.2 Å². The van der Waals surface area contributed by atoms with Crippen LogP contribution >= 0.6 is 22.9 Å². The fraction of sp³-hybridized carbons (Fsp3) is 0.364. The molecule has 1 aliphatic heterocycles. The number of aromatic nitrogens is 3. The Kier molecular flexibility index (Phi) is 3.71. The molecule has 8 nitrogen and oxygen atoms in total. The molecule has 0 fully saturated rings. The highest BCUT2D eigenvalue weighted by Gasteiger charge is 2.36. The van der Waals surface area contributed by atoms with Crippen LogP contribution in [0.1, 0.15) is 21.5 Å². The number of nitrogens with one attached hydrogen (secondary N) is 1. The zero-order valence-electron chi connectivity index (χ0n) is 11.6. The largest absolute Gasteiger partial charge is 0.340 e. The molecular formula is C11H12ClN5O3S2. The Bertz CT molecular complexity index is 824. The van der Waals surface area contributed by atoms with Crippen molar-refractivity contribution < 1.29 is 13.2 Å². The van der Waals surface area contributed by atoms with Gasteiger partial charge in [0.1, 0.15) is 0 Å². The van der Waals surface area contributed by atoms with E-state index in [-0.39, 0.29) is 22.5 Å². The average Bonchev–Trinajstić information content (AvgIpc) is 3.05. The van der Waals surface area contributed by atoms with E-state index in [1.807, 2.05) is 0 Å². The van der Waals surface area contributed by atoms with Crippen LogP contribution < -0.4 is 5.32 Å². The first kappa shape index (κ1) is 15.4. The molecule has 0 aliphatic carbocycles. The Morgan fingerprint density at radius 3 is 2.86 bits per heavy atom. The maximum atomic E-state index is 12.2. The summed E-state index contributed by atoms with van der Waals surface area (Å²) in [5, 5.41) is 8.45. The van der Waals surface area contributed by atoms with Gasteiger partial charge >= 0.3 is 0 Å². The molecule has 3 heterocycles. The summed E-state index contributed by atoms with van der Waals surface area (Å²) in [5.41, 5.74) is 0. The van der Waals surface area contributed by atoms with Crippen molar-refractivity contribution >= 4 is 38.9 Å². The number of amides is 1. The molecule has 1 amide bonds. The third kappa shape index (κ3) is 2.41. The molecule has 0 aromatic carbocycles. The monoisotopic (exact) mass is 361 g/mol. The van der Waals surface area contributed by atoms with E-state index in [1.165, 1.54) is 27.4 Å². The van der Waals surface area contributed by atoms with Crippen molar-refractivity contribution in [2.75, 3.05) is 13.6 Å². The number of halogens is 1. The summed E-state index contributed by atoms with van der Waals surface area (Å²) in [6.07, 6.45) is 0. The van der Waals surface area contributed by atoms with Gasteiger partial charge in [0.25, 0.3) is 5.91 Å². The molecule has 0 saturated heterocycles. The average molecular weight is 362 g/mol. The second-order valence-corrected chi connectivity index (χ2v) is 8.09. The zero-order valence-corrected chi connectivity index (χ0v) is 14.0. The van der Waals surface area contributed by atoms with Gasteiger partial charge in [0.2, 0.25) is 21.1 Å². The zero-order chi connectivity index (χ0) is 16.1. The minimum atomic E-state index is -3.48. The Hall–Kier alpha value is -1.49. The van der Waals surface area contributed by atoms with Crippen molar-refractivity contribution in [2.24, 2.45) is 7.05 Å². The van der Waals surface area contributed by atoms with Crippen LogP contribution in [0.3, 0.4) is 0 Å². The molecule has 22 heavy (non-hydrogen) atoms. The first-order chi connectivity index (χ1) is 10.3. The van der Waals surface area contributed by atoms with Crippen molar-refractivity contribution in [3.8, 4) is 0 Å². The van der Waals surface area contributed by atoms with Crippen LogP contribution in [0, 0.1) is 0 Å². The van der Waals surface area contributed by atoms with Crippen LogP contribution in [0.2, 0.25) is 5.28 Å². The third-order valence-corrected chi connectivity index (χ3v) is 6.69. The molecule has 2 aromatic heterocycles. The van der Waals surface area contributed by atoms with Crippen molar-refractivity contribution in [2.45, 2.75) is 10.9 Å². The summed E-state index contributed by atoms with van der Waals surface area (Å²) in [6.45, 7) is 0.155. The van der Waals surface area contributed by atoms with Crippen LogP contribution in [0.25, 0.3) is 0 Å². The van der Waals surface area contributed by atoms with Gasteiger partial charge in [0.15, 0.2) is 0 Å². The number of hydrogen-bond acceptors (Lipinski definition) is 6. The Balaban J connectivity index is 1.89. The smallest absolute Gasteiger partial charge is 0.291 e. The number of likely N-dealkylation sites (N-methyl/N-ethyl adjacent to an activating group) is 1. The molecule has 3 rings (SSSR count). The molecule has 118 valence electrons. The number of carbonyl (C=O) groups is 1. The normalized spacial score (nSPS) is 20.6. The topological polar surface area (TPSA) is 97.2 Å². The summed E-state index contributed by atoms with van der Waals surface area (Å²) in [4.78, 5) is 16.9. The summed E-state index contributed by atoms with van der Waals surface area (Å²) < 4.78 is 26.9. The fourth-order valence-corrected chi connectivity index (χ4v) is 4.99. The van der Waals surface area contributed by atoms with Gasteiger partial charge in [-0.05, 0) is 23.0 Å². The van der Waals surface area contributed by atoms with E-state index in [1.54, 1.807) is 18.5 Å². The quantitative estimate of drug-likeness (QED) is 0.846. The molecule has 0 saturated carbocycles. The van der Waals surface area contributed by atoms with Crippen LogP contribution in [0.15, 0.2) is 16.3 Å². The van der Waals surface area contributed by atoms with E-state index in [4.69, 9.17) is 11.6 Å². The molecule has 2 aromatic rings. The Morgan fingerprint density at radius 1 is 1.50 bits per heavy atom. The molecule has 1 unspecified atom stereocenters. The van der Waals surface area contributed by atoms with Crippen LogP contribution in [-0.2, 0) is 17.1 Å². The minimum absolute atomic E-state index is 0.0540. The van der Waals surface area contributed by atoms with Gasteiger partial charge in [0.05, 0.1) is 10.9 Å². The van der Waals surface area contributed by atoms with E-state index in [0.717, 1.165) is 0 Å². The highest BCUT2D eigenvalue weighted by Crippen LogP contribution is 2.35. The molecule has 1 aliphatic rings. The molecule has 1 atom stereocenters. The van der Waals surface area contributed by atoms with Gasteiger partial charge in [0, 0.05) is 25.5 Å². The van der Waals surface area contributed by atoms with Gasteiger partial charge in [-0.15, -0.1) is 16.4 Å². The molecule has 0 radical (unpaired) electrons. The fourth-order valence-electron chi connectivity index (χ4n) is 2.18. The van der Waals surface area contributed by atoms with Crippen molar-refractivity contribution in [1.82, 2.24) is 24.4 Å². The Labute approximate surface area is 135 Å². The van der Waals surface area contributed by atoms with Gasteiger partial charge < -0.3 is 5.32 Å². The van der Waals surface area contributed by atoms with Crippen LogP contribution in [-0.4, -0.2) is 47.0 Å². The molecule has 11 heteroatoms. The standard InChI is InChI=1S/C11H12ClN5O3S2/c1-16-5-6(8-7(3-4-21-8)22(16,19)20)13-10(18)9-14-11(12)17(2)15-9/h3-4,6H,5H2,1-2H3,(H,13,18). The van der Waals surface area contributed by atoms with E-state index >= 15 is 0 Å². The molecule has 1 N–H and O–H groups in total. The maximum absolute atomic E-state index is 12.2. The van der Waals surface area contributed by atoms with Crippen molar-refractivity contribution in [3.05, 3.63) is 27.4 Å². The number of aryl methyl sites for hydroxylation is 1. The molecule has 0 bridgehead atoms. The first-order valence-corrected chi connectivity index (χ1v) is 8.91. The number of nitrogens with zero attached hydrogens (tertiary/aromatic N) is 4. The van der Waals surface area contributed by atoms with E-state index in [0.29, 0.717) is 4.88 Å². The van der Waals surface area contributed by atoms with Gasteiger partial charge in [-0.2, -0.15) is 9.29 Å². The second-order valence-electron chi connectivity index (χ2n) is 4.79. The van der Waals surface area contributed by atoms with Gasteiger partial charge in [-0.1, -0.05) is 0 Å². The lowest BCUT2D eigenvalue weighted by Crippen LogP contribution is -2.43. The first-order valence-electron chi connectivity index (χ1n) is 6.22. The summed E-state index contributed by atoms with van der Waals surface area (Å²) >= 11 is 7.05. The highest BCUT2D eigenvalue weighted by atomic mass is 35.5. The SMILES string of the molecule is CN1CC(NC(=O)c2nc(Cl)n(C)n2)c2sccc2S1(=O)=O. The van der Waals surface area contributed by atoms with Gasteiger partial charge in [-0.3, -0.25) is 4.79 Å². The number of thiophene rings is 1. The minimum Gasteiger partial charge on any atom is -0.340 e. The third-order valence-electron chi connectivity index (χ3n) is 3.32. The number of rotatable bonds is 2. The maximum Gasteiger partial charge on any atom is 0.291 e. The number of fused-ring (bicyclic) bond motifs is 1. The van der Waals surface area contributed by atoms with E-state index < -0.39 is 22.0 Å². The number of carbonyl (C=O) groups excluding carboxylic acids is 1. The van der Waals surface area contributed by atoms with Gasteiger partial charge in [-0.25, -0.2) is 13.1 Å². The lowest BCUT2D eigenvalue weighted by Gasteiger charge is -2.29. The summed E-state index contributed by atoms with van der Waals surface area (Å²) in [6, 6.07) is 1.10. The predicted octanol–water partition coefficient (Wildman–Crippen LogP) is 0.635. The Morgan fingerprint density at radius 2 is 2.23 bits per heavy atom. The molecular weight excluding hydrogens is 350 g/mol. The lowest BCUT2D eigenvalue weighted by molar-refractivity contribution is 0.0921. The molecule has 0 spiro atoms. The van der Waals surface area contributed by atoms with Crippen LogP contribution in [0.5, 0.6) is 0 Å². The van der Waals surface area contributed by atoms with Crippen molar-refractivity contribution in [1.29, 1.82) is 0 Å². The lowest BCUT2D eigenvalue weighted by atomic mass is 10.2. The van der Waals surface area contributed by atoms with E-state index in [2.05, 4.69) is 15.4 Å². The number of sulfonamides is 1. The van der Waals surface area contributed by atoms with Crippen LogP contribution in [0.4, 0.5) is 0 Å². The highest BCUT2D eigenvalue weighted by molar-refractivity contribution is 7.89. The van der Waals surface area contributed by atoms with Crippen molar-refractivity contribution in [3.63, 3.8) is 0 Å². The summed E-state index contributed by atoms with van der Waals surface area (Å²) in [7, 11) is -0.426. The number of hydrogen-bond donors (Lipinski definition) is 1. The summed E-state index contributed by atoms with van der Waals surface area (Å²) in [5.74, 6) is -0.554.